The van der Waals surface area contributed by atoms with Crippen LogP contribution in [0.3, 0.4) is 0 Å². The molecule has 8 heteroatoms. The maximum atomic E-state index is 11.8. The summed E-state index contributed by atoms with van der Waals surface area (Å²) in [7, 11) is 0. The van der Waals surface area contributed by atoms with E-state index in [4.69, 9.17) is 5.11 Å². The van der Waals surface area contributed by atoms with E-state index in [1.165, 1.54) is 0 Å². The predicted octanol–water partition coefficient (Wildman–Crippen LogP) is 1.68. The van der Waals surface area contributed by atoms with Crippen molar-refractivity contribution in [3.63, 3.8) is 0 Å². The summed E-state index contributed by atoms with van der Waals surface area (Å²) in [6.45, 7) is 0. The quantitative estimate of drug-likeness (QED) is 0.354. The molecule has 0 saturated carbocycles. The van der Waals surface area contributed by atoms with Crippen molar-refractivity contribution in [3.8, 4) is 0 Å². The number of nitro benzene ring substituents is 1. The van der Waals surface area contributed by atoms with Crippen LogP contribution in [-0.4, -0.2) is 32.2 Å². The molecule has 0 heterocycles. The molecule has 102 valence electrons. The van der Waals surface area contributed by atoms with Gasteiger partial charge < -0.3 is 10.2 Å². The third kappa shape index (κ3) is 3.58. The smallest absolute Gasteiger partial charge is 0.337 e. The molecule has 0 aliphatic rings. The van der Waals surface area contributed by atoms with Gasteiger partial charge in [-0.2, -0.15) is 0 Å². The van der Waals surface area contributed by atoms with Gasteiger partial charge in [-0.1, -0.05) is 15.9 Å². The van der Waals surface area contributed by atoms with Crippen LogP contribution in [-0.2, 0) is 4.79 Å². The molecular formula is C11H10BrNO6. The van der Waals surface area contributed by atoms with Gasteiger partial charge in [-0.3, -0.25) is 14.9 Å². The van der Waals surface area contributed by atoms with Gasteiger partial charge in [0.25, 0.3) is 5.69 Å². The number of Topliss-reactive ketones (excluding diaryl/α,β-unsaturated/α-hetero) is 1. The number of halogens is 1. The average molecular weight is 332 g/mol. The van der Waals surface area contributed by atoms with Crippen molar-refractivity contribution in [3.05, 3.63) is 39.4 Å². The highest BCUT2D eigenvalue weighted by Crippen LogP contribution is 2.25. The zero-order valence-electron chi connectivity index (χ0n) is 9.58. The van der Waals surface area contributed by atoms with E-state index >= 15 is 0 Å². The van der Waals surface area contributed by atoms with Crippen LogP contribution in [0, 0.1) is 10.1 Å². The molecular weight excluding hydrogens is 322 g/mol. The topological polar surface area (TPSA) is 118 Å². The summed E-state index contributed by atoms with van der Waals surface area (Å²) in [6, 6.07) is 3.17. The molecule has 1 aromatic carbocycles. The van der Waals surface area contributed by atoms with Crippen molar-refractivity contribution in [1.82, 2.24) is 0 Å². The van der Waals surface area contributed by atoms with Gasteiger partial charge in [0.2, 0.25) is 0 Å². The summed E-state index contributed by atoms with van der Waals surface area (Å²) in [4.78, 5) is 32.5. The number of aliphatic hydroxyl groups is 1. The van der Waals surface area contributed by atoms with Crippen LogP contribution in [0.15, 0.2) is 18.2 Å². The van der Waals surface area contributed by atoms with Crippen molar-refractivity contribution >= 4 is 33.4 Å². The molecule has 7 nitrogen and oxygen atoms in total. The van der Waals surface area contributed by atoms with Crippen LogP contribution in [0.5, 0.6) is 0 Å². The molecule has 0 radical (unpaired) electrons. The minimum atomic E-state index is -1.82. The maximum absolute atomic E-state index is 11.8. The minimum Gasteiger partial charge on any atom is -0.479 e. The number of carboxylic acids is 1. The Morgan fingerprint density at radius 3 is 2.53 bits per heavy atom. The molecule has 0 saturated heterocycles. The Kier molecular flexibility index (Phi) is 5.13. The van der Waals surface area contributed by atoms with Crippen molar-refractivity contribution in [2.75, 3.05) is 5.33 Å². The van der Waals surface area contributed by atoms with Gasteiger partial charge in [-0.15, -0.1) is 0 Å². The highest BCUT2D eigenvalue weighted by molar-refractivity contribution is 9.09. The first kappa shape index (κ1) is 15.3. The Bertz CT molecular complexity index is 530. The number of carbonyl (C=O) groups is 2. The standard InChI is InChI=1S/C11H10BrNO6/c12-4-3-9(14)7-5-6(10(15)11(16)17)1-2-8(7)13(18)19/h1-2,5,10,15H,3-4H2,(H,16,17). The fraction of sp³-hybridized carbons (Fsp3) is 0.273. The second kappa shape index (κ2) is 6.39. The predicted molar refractivity (Wildman–Crippen MR) is 68.4 cm³/mol. The van der Waals surface area contributed by atoms with E-state index in [-0.39, 0.29) is 17.5 Å². The summed E-state index contributed by atoms with van der Waals surface area (Å²) < 4.78 is 0. The summed E-state index contributed by atoms with van der Waals surface area (Å²) >= 11 is 3.05. The Morgan fingerprint density at radius 1 is 1.42 bits per heavy atom. The van der Waals surface area contributed by atoms with Crippen LogP contribution in [0.25, 0.3) is 0 Å². The number of alkyl halides is 1. The molecule has 1 unspecified atom stereocenters. The minimum absolute atomic E-state index is 0.0352. The fourth-order valence-electron chi connectivity index (χ4n) is 1.47. The molecule has 0 fully saturated rings. The molecule has 0 aliphatic carbocycles. The van der Waals surface area contributed by atoms with E-state index < -0.39 is 28.5 Å². The lowest BCUT2D eigenvalue weighted by Crippen LogP contribution is -2.12. The molecule has 0 aliphatic heterocycles. The average Bonchev–Trinajstić information content (AvgIpc) is 2.37. The van der Waals surface area contributed by atoms with E-state index in [1.807, 2.05) is 0 Å². The molecule has 19 heavy (non-hydrogen) atoms. The van der Waals surface area contributed by atoms with E-state index in [9.17, 15) is 24.8 Å². The van der Waals surface area contributed by atoms with Crippen molar-refractivity contribution in [2.24, 2.45) is 0 Å². The molecule has 2 N–H and O–H groups in total. The Morgan fingerprint density at radius 2 is 2.05 bits per heavy atom. The van der Waals surface area contributed by atoms with Gasteiger partial charge in [0.1, 0.15) is 0 Å². The summed E-state index contributed by atoms with van der Waals surface area (Å²) in [5, 5.41) is 29.2. The number of hydrogen-bond donors (Lipinski definition) is 2. The zero-order chi connectivity index (χ0) is 14.6. The molecule has 0 amide bonds. The van der Waals surface area contributed by atoms with Crippen LogP contribution < -0.4 is 0 Å². The lowest BCUT2D eigenvalue weighted by atomic mass is 10.0. The molecule has 0 bridgehead atoms. The summed E-state index contributed by atoms with van der Waals surface area (Å²) in [5.41, 5.74) is -0.689. The number of nitrogens with zero attached hydrogens (tertiary/aromatic N) is 1. The van der Waals surface area contributed by atoms with Crippen LogP contribution in [0.4, 0.5) is 5.69 Å². The SMILES string of the molecule is O=C(CCBr)c1cc(C(O)C(=O)O)ccc1[N+](=O)[O-]. The van der Waals surface area contributed by atoms with Crippen molar-refractivity contribution in [2.45, 2.75) is 12.5 Å². The van der Waals surface area contributed by atoms with Crippen LogP contribution >= 0.6 is 15.9 Å². The number of carbonyl (C=O) groups excluding carboxylic acids is 1. The second-order valence-corrected chi connectivity index (χ2v) is 4.43. The van der Waals surface area contributed by atoms with E-state index in [2.05, 4.69) is 15.9 Å². The molecule has 1 rings (SSSR count). The third-order valence-electron chi connectivity index (χ3n) is 2.39. The third-order valence-corrected chi connectivity index (χ3v) is 2.79. The number of aliphatic carboxylic acids is 1. The monoisotopic (exact) mass is 331 g/mol. The van der Waals surface area contributed by atoms with Crippen molar-refractivity contribution in [1.29, 1.82) is 0 Å². The second-order valence-electron chi connectivity index (χ2n) is 3.64. The summed E-state index contributed by atoms with van der Waals surface area (Å²) in [6.07, 6.45) is -1.79. The first-order chi connectivity index (χ1) is 8.88. The highest BCUT2D eigenvalue weighted by atomic mass is 79.9. The molecule has 0 spiro atoms. The van der Waals surface area contributed by atoms with Gasteiger partial charge >= 0.3 is 5.97 Å². The van der Waals surface area contributed by atoms with Gasteiger partial charge in [-0.05, 0) is 17.7 Å². The molecule has 0 aromatic heterocycles. The first-order valence-electron chi connectivity index (χ1n) is 5.17. The maximum Gasteiger partial charge on any atom is 0.337 e. The summed E-state index contributed by atoms with van der Waals surface area (Å²) in [5.74, 6) is -1.99. The van der Waals surface area contributed by atoms with Crippen LogP contribution in [0.2, 0.25) is 0 Å². The lowest BCUT2D eigenvalue weighted by molar-refractivity contribution is -0.385. The normalized spacial score (nSPS) is 11.9. The Labute approximate surface area is 116 Å². The van der Waals surface area contributed by atoms with Crippen LogP contribution in [0.1, 0.15) is 28.4 Å². The largest absolute Gasteiger partial charge is 0.479 e. The van der Waals surface area contributed by atoms with Gasteiger partial charge in [0.05, 0.1) is 10.5 Å². The van der Waals surface area contributed by atoms with E-state index in [0.29, 0.717) is 5.33 Å². The van der Waals surface area contributed by atoms with Gasteiger partial charge in [0, 0.05) is 17.8 Å². The van der Waals surface area contributed by atoms with Gasteiger partial charge in [0.15, 0.2) is 11.9 Å². The molecule has 1 atom stereocenters. The Balaban J connectivity index is 3.29. The number of nitro groups is 1. The number of hydrogen-bond acceptors (Lipinski definition) is 5. The number of benzene rings is 1. The van der Waals surface area contributed by atoms with Crippen molar-refractivity contribution < 1.29 is 24.7 Å². The molecule has 1 aromatic rings. The first-order valence-corrected chi connectivity index (χ1v) is 6.29. The zero-order valence-corrected chi connectivity index (χ0v) is 11.2. The van der Waals surface area contributed by atoms with E-state index in [0.717, 1.165) is 18.2 Å². The number of aliphatic hydroxyl groups excluding tert-OH is 1. The van der Waals surface area contributed by atoms with Gasteiger partial charge in [-0.25, -0.2) is 4.79 Å². The number of rotatable bonds is 6. The van der Waals surface area contributed by atoms with E-state index in [1.54, 1.807) is 0 Å². The number of carboxylic acid groups (broad SMARTS) is 1. The fourth-order valence-corrected chi connectivity index (χ4v) is 1.83. The Hall–Kier alpha value is -1.80. The highest BCUT2D eigenvalue weighted by Gasteiger charge is 2.24. The lowest BCUT2D eigenvalue weighted by Gasteiger charge is -2.08. The number of ketones is 1.